The molecule has 2 rings (SSSR count). The van der Waals surface area contributed by atoms with Crippen LogP contribution < -0.4 is 16.0 Å². The van der Waals surface area contributed by atoms with Gasteiger partial charge in [-0.3, -0.25) is 4.79 Å². The molecule has 3 N–H and O–H groups in total. The first-order valence-electron chi connectivity index (χ1n) is 7.11. The predicted molar refractivity (Wildman–Crippen MR) is 78.3 cm³/mol. The molecule has 0 spiro atoms. The molecule has 0 saturated carbocycles. The van der Waals surface area contributed by atoms with E-state index in [-0.39, 0.29) is 5.91 Å². The lowest BCUT2D eigenvalue weighted by Crippen LogP contribution is -2.38. The minimum Gasteiger partial charge on any atom is -0.381 e. The zero-order valence-corrected chi connectivity index (χ0v) is 11.5. The number of benzene rings is 1. The van der Waals surface area contributed by atoms with Crippen molar-refractivity contribution in [1.82, 2.24) is 10.6 Å². The van der Waals surface area contributed by atoms with Crippen LogP contribution in [-0.4, -0.2) is 31.6 Å². The van der Waals surface area contributed by atoms with E-state index in [1.54, 1.807) is 0 Å². The summed E-state index contributed by atoms with van der Waals surface area (Å²) in [7, 11) is 0. The third-order valence-corrected chi connectivity index (χ3v) is 3.36. The van der Waals surface area contributed by atoms with Crippen LogP contribution in [0.4, 0.5) is 5.69 Å². The summed E-state index contributed by atoms with van der Waals surface area (Å²) in [5, 5.41) is 9.73. The molecule has 1 saturated heterocycles. The van der Waals surface area contributed by atoms with E-state index in [0.29, 0.717) is 19.0 Å². The number of carbonyl (C=O) groups excluding carboxylic acids is 1. The highest BCUT2D eigenvalue weighted by molar-refractivity contribution is 5.78. The summed E-state index contributed by atoms with van der Waals surface area (Å²) in [6, 6.07) is 8.68. The molecule has 1 aromatic carbocycles. The number of piperidine rings is 1. The molecule has 1 aromatic rings. The van der Waals surface area contributed by atoms with Gasteiger partial charge in [-0.25, -0.2) is 0 Å². The molecule has 0 radical (unpaired) electrons. The first kappa shape index (κ1) is 13.9. The highest BCUT2D eigenvalue weighted by Gasteiger charge is 2.12. The van der Waals surface area contributed by atoms with Gasteiger partial charge in [-0.1, -0.05) is 12.1 Å². The van der Waals surface area contributed by atoms with Gasteiger partial charge >= 0.3 is 0 Å². The van der Waals surface area contributed by atoms with E-state index in [9.17, 15) is 4.79 Å². The maximum Gasteiger partial charge on any atom is 0.224 e. The van der Waals surface area contributed by atoms with Crippen molar-refractivity contribution >= 4 is 11.6 Å². The third-order valence-electron chi connectivity index (χ3n) is 3.36. The van der Waals surface area contributed by atoms with Crippen molar-refractivity contribution < 1.29 is 4.79 Å². The van der Waals surface area contributed by atoms with E-state index in [2.05, 4.69) is 28.1 Å². The van der Waals surface area contributed by atoms with E-state index in [0.717, 1.165) is 24.3 Å². The lowest BCUT2D eigenvalue weighted by molar-refractivity contribution is -0.120. The number of hydrogen-bond donors (Lipinski definition) is 3. The van der Waals surface area contributed by atoms with Gasteiger partial charge in [0.05, 0.1) is 6.42 Å². The summed E-state index contributed by atoms with van der Waals surface area (Å²) in [5.41, 5.74) is 2.19. The summed E-state index contributed by atoms with van der Waals surface area (Å²) in [4.78, 5) is 11.5. The smallest absolute Gasteiger partial charge is 0.224 e. The van der Waals surface area contributed by atoms with Crippen LogP contribution in [0.3, 0.4) is 0 Å². The van der Waals surface area contributed by atoms with Crippen molar-refractivity contribution in [2.75, 3.05) is 25.0 Å². The molecule has 4 nitrogen and oxygen atoms in total. The highest BCUT2D eigenvalue weighted by Crippen LogP contribution is 2.14. The Kier molecular flexibility index (Phi) is 5.21. The van der Waals surface area contributed by atoms with E-state index in [4.69, 9.17) is 0 Å². The molecule has 1 fully saturated rings. The number of likely N-dealkylation sites (N-methyl/N-ethyl adjacent to an activating group) is 1. The molecule has 4 heteroatoms. The van der Waals surface area contributed by atoms with Gasteiger partial charge in [-0.05, 0) is 44.0 Å². The Morgan fingerprint density at radius 3 is 2.79 bits per heavy atom. The van der Waals surface area contributed by atoms with Gasteiger partial charge in [0.1, 0.15) is 0 Å². The molecule has 19 heavy (non-hydrogen) atoms. The van der Waals surface area contributed by atoms with Crippen molar-refractivity contribution in [2.24, 2.45) is 0 Å². The number of nitrogens with one attached hydrogen (secondary N) is 3. The van der Waals surface area contributed by atoms with E-state index < -0.39 is 0 Å². The van der Waals surface area contributed by atoms with Crippen LogP contribution in [0.2, 0.25) is 0 Å². The Balaban J connectivity index is 1.85. The van der Waals surface area contributed by atoms with Gasteiger partial charge in [0, 0.05) is 24.8 Å². The second-order valence-electron chi connectivity index (χ2n) is 5.01. The van der Waals surface area contributed by atoms with Crippen LogP contribution in [0.5, 0.6) is 0 Å². The summed E-state index contributed by atoms with van der Waals surface area (Å²) >= 11 is 0. The monoisotopic (exact) mass is 261 g/mol. The van der Waals surface area contributed by atoms with E-state index >= 15 is 0 Å². The number of rotatable bonds is 5. The fraction of sp³-hybridized carbons (Fsp3) is 0.533. The zero-order valence-electron chi connectivity index (χ0n) is 11.5. The minimum atomic E-state index is 0.0830. The average molecular weight is 261 g/mol. The van der Waals surface area contributed by atoms with Gasteiger partial charge in [0.15, 0.2) is 0 Å². The Morgan fingerprint density at radius 1 is 1.37 bits per heavy atom. The van der Waals surface area contributed by atoms with Crippen molar-refractivity contribution in [3.8, 4) is 0 Å². The van der Waals surface area contributed by atoms with Crippen molar-refractivity contribution in [3.05, 3.63) is 29.8 Å². The first-order chi connectivity index (χ1) is 9.28. The number of hydrogen-bond acceptors (Lipinski definition) is 3. The summed E-state index contributed by atoms with van der Waals surface area (Å²) in [6.07, 6.45) is 2.90. The van der Waals surface area contributed by atoms with Crippen LogP contribution in [0, 0.1) is 0 Å². The summed E-state index contributed by atoms with van der Waals surface area (Å²) in [6.45, 7) is 4.78. The Labute approximate surface area is 115 Å². The lowest BCUT2D eigenvalue weighted by atomic mass is 10.1. The molecular weight excluding hydrogens is 238 g/mol. The van der Waals surface area contributed by atoms with Crippen molar-refractivity contribution in [3.63, 3.8) is 0 Å². The summed E-state index contributed by atoms with van der Waals surface area (Å²) in [5.74, 6) is 0.0830. The number of amides is 1. The molecule has 1 atom stereocenters. The molecule has 1 amide bonds. The molecule has 1 aliphatic rings. The van der Waals surface area contributed by atoms with Crippen molar-refractivity contribution in [1.29, 1.82) is 0 Å². The fourth-order valence-electron chi connectivity index (χ4n) is 2.37. The van der Waals surface area contributed by atoms with E-state index in [1.807, 2.05) is 19.1 Å². The van der Waals surface area contributed by atoms with Crippen LogP contribution in [-0.2, 0) is 11.2 Å². The van der Waals surface area contributed by atoms with Crippen molar-refractivity contribution in [2.45, 2.75) is 32.2 Å². The Bertz CT molecular complexity index is 396. The van der Waals surface area contributed by atoms with Crippen LogP contribution in [0.15, 0.2) is 24.3 Å². The third kappa shape index (κ3) is 4.56. The molecule has 0 aromatic heterocycles. The van der Waals surface area contributed by atoms with Gasteiger partial charge < -0.3 is 16.0 Å². The largest absolute Gasteiger partial charge is 0.381 e. The Morgan fingerprint density at radius 2 is 2.16 bits per heavy atom. The number of anilines is 1. The zero-order chi connectivity index (χ0) is 13.5. The molecule has 0 bridgehead atoms. The Hall–Kier alpha value is -1.55. The molecule has 104 valence electrons. The first-order valence-corrected chi connectivity index (χ1v) is 7.11. The quantitative estimate of drug-likeness (QED) is 0.753. The lowest BCUT2D eigenvalue weighted by Gasteiger charge is -2.24. The molecule has 1 unspecified atom stereocenters. The van der Waals surface area contributed by atoms with E-state index in [1.165, 1.54) is 12.8 Å². The predicted octanol–water partition coefficient (Wildman–Crippen LogP) is 1.53. The maximum atomic E-state index is 11.5. The molecule has 1 aliphatic heterocycles. The topological polar surface area (TPSA) is 53.2 Å². The van der Waals surface area contributed by atoms with Crippen LogP contribution in [0.25, 0.3) is 0 Å². The minimum absolute atomic E-state index is 0.0830. The summed E-state index contributed by atoms with van der Waals surface area (Å²) < 4.78 is 0. The van der Waals surface area contributed by atoms with Crippen LogP contribution in [0.1, 0.15) is 25.3 Å². The van der Waals surface area contributed by atoms with Crippen LogP contribution >= 0.6 is 0 Å². The SMILES string of the molecule is CCNC(=O)Cc1ccc(NC2CCCNC2)cc1. The van der Waals surface area contributed by atoms with Gasteiger partial charge in [-0.2, -0.15) is 0 Å². The second kappa shape index (κ2) is 7.14. The normalized spacial score (nSPS) is 18.9. The molecule has 1 heterocycles. The van der Waals surface area contributed by atoms with Gasteiger partial charge in [0.25, 0.3) is 0 Å². The molecular formula is C15H23N3O. The van der Waals surface area contributed by atoms with Gasteiger partial charge in [-0.15, -0.1) is 0 Å². The molecule has 0 aliphatic carbocycles. The maximum absolute atomic E-state index is 11.5. The average Bonchev–Trinajstić information content (AvgIpc) is 2.42. The number of carbonyl (C=O) groups is 1. The fourth-order valence-corrected chi connectivity index (χ4v) is 2.37. The standard InChI is InChI=1S/C15H23N3O/c1-2-17-15(19)10-12-5-7-13(8-6-12)18-14-4-3-9-16-11-14/h5-8,14,16,18H,2-4,9-11H2,1H3,(H,17,19). The second-order valence-corrected chi connectivity index (χ2v) is 5.01. The highest BCUT2D eigenvalue weighted by atomic mass is 16.1. The van der Waals surface area contributed by atoms with Gasteiger partial charge in [0.2, 0.25) is 5.91 Å².